The number of benzene rings is 1. The number of halogens is 2. The lowest BCUT2D eigenvalue weighted by atomic mass is 9.99. The number of allylic oxidation sites excluding steroid dienone is 1. The van der Waals surface area contributed by atoms with Gasteiger partial charge in [-0.1, -0.05) is 12.1 Å². The molecule has 2 aliphatic rings. The van der Waals surface area contributed by atoms with Crippen LogP contribution >= 0.6 is 0 Å². The van der Waals surface area contributed by atoms with Crippen molar-refractivity contribution >= 4 is 28.7 Å². The Morgan fingerprint density at radius 1 is 1.39 bits per heavy atom. The predicted molar refractivity (Wildman–Crippen MR) is 107 cm³/mol. The molecule has 0 saturated carbocycles. The number of nitrogens with zero attached hydrogens (tertiary/aromatic N) is 3. The number of hydrogen-bond donors (Lipinski definition) is 3. The van der Waals surface area contributed by atoms with Gasteiger partial charge in [0.25, 0.3) is 6.43 Å². The first-order valence-corrected chi connectivity index (χ1v) is 9.86. The molecule has 2 aromatic rings. The van der Waals surface area contributed by atoms with Gasteiger partial charge < -0.3 is 20.7 Å². The molecule has 9 nitrogen and oxygen atoms in total. The summed E-state index contributed by atoms with van der Waals surface area (Å²) in [6, 6.07) is 6.09. The van der Waals surface area contributed by atoms with E-state index in [0.29, 0.717) is 37.0 Å². The number of alkyl halides is 2. The van der Waals surface area contributed by atoms with Crippen LogP contribution < -0.4 is 11.1 Å². The number of carbonyl (C=O) groups excluding carboxylic acids is 2. The first kappa shape index (κ1) is 20.8. The molecule has 2 fully saturated rings. The van der Waals surface area contributed by atoms with Crippen LogP contribution in [0.3, 0.4) is 0 Å². The largest absolute Gasteiger partial charge is 0.479 e. The predicted octanol–water partition coefficient (Wildman–Crippen LogP) is 1.35. The molecule has 4 rings (SSSR count). The molecule has 2 amide bonds. The molecule has 0 aliphatic carbocycles. The van der Waals surface area contributed by atoms with Gasteiger partial charge in [-0.3, -0.25) is 19.6 Å². The second-order valence-corrected chi connectivity index (χ2v) is 7.61. The summed E-state index contributed by atoms with van der Waals surface area (Å²) in [5.41, 5.74) is 6.56. The van der Waals surface area contributed by atoms with Gasteiger partial charge in [0, 0.05) is 31.5 Å². The molecule has 1 aromatic heterocycles. The van der Waals surface area contributed by atoms with Gasteiger partial charge in [0.15, 0.2) is 11.7 Å². The quantitative estimate of drug-likeness (QED) is 0.361. The van der Waals surface area contributed by atoms with E-state index < -0.39 is 18.3 Å². The lowest BCUT2D eigenvalue weighted by molar-refractivity contribution is -0.141. The van der Waals surface area contributed by atoms with Crippen molar-refractivity contribution in [2.75, 3.05) is 19.7 Å². The molecule has 2 aliphatic heterocycles. The molecular formula is C20H22F2N6O3. The number of fused-ring (bicyclic) bond motifs is 1. The number of nitrogens with two attached hydrogens (primary N) is 1. The second kappa shape index (κ2) is 8.32. The Labute approximate surface area is 176 Å². The summed E-state index contributed by atoms with van der Waals surface area (Å²) >= 11 is 0. The molecule has 3 heterocycles. The molecule has 31 heavy (non-hydrogen) atoms. The number of carbonyl (C=O) groups is 2. The molecule has 0 bridgehead atoms. The van der Waals surface area contributed by atoms with E-state index in [0.717, 1.165) is 10.6 Å². The van der Waals surface area contributed by atoms with Gasteiger partial charge in [-0.15, -0.1) is 0 Å². The highest BCUT2D eigenvalue weighted by molar-refractivity contribution is 5.99. The van der Waals surface area contributed by atoms with Crippen molar-refractivity contribution in [1.29, 1.82) is 5.41 Å². The SMILES string of the molecule is N=C(C=C(N)OCC1CN(C(=O)[C@@H]2CCC(=O)N2)C1)n1c(C(F)F)nc2ccccc21. The van der Waals surface area contributed by atoms with Crippen LogP contribution in [-0.4, -0.2) is 57.8 Å². The Bertz CT molecular complexity index is 1060. The normalized spacial score (nSPS) is 19.6. The molecule has 0 radical (unpaired) electrons. The fraction of sp³-hybridized carbons (Fsp3) is 0.400. The van der Waals surface area contributed by atoms with Crippen molar-refractivity contribution in [3.05, 3.63) is 42.0 Å². The average Bonchev–Trinajstić information content (AvgIpc) is 3.30. The van der Waals surface area contributed by atoms with Gasteiger partial charge in [0.05, 0.1) is 17.6 Å². The van der Waals surface area contributed by atoms with Gasteiger partial charge in [0.1, 0.15) is 11.9 Å². The highest BCUT2D eigenvalue weighted by atomic mass is 19.3. The van der Waals surface area contributed by atoms with E-state index in [2.05, 4.69) is 10.3 Å². The smallest absolute Gasteiger partial charge is 0.296 e. The van der Waals surface area contributed by atoms with Crippen LogP contribution in [0.4, 0.5) is 8.78 Å². The van der Waals surface area contributed by atoms with Crippen molar-refractivity contribution in [1.82, 2.24) is 19.8 Å². The topological polar surface area (TPSA) is 126 Å². The van der Waals surface area contributed by atoms with E-state index in [4.69, 9.17) is 15.9 Å². The highest BCUT2D eigenvalue weighted by Gasteiger charge is 2.37. The van der Waals surface area contributed by atoms with E-state index in [1.807, 2.05) is 0 Å². The summed E-state index contributed by atoms with van der Waals surface area (Å²) in [4.78, 5) is 29.1. The van der Waals surface area contributed by atoms with Crippen LogP contribution in [0.1, 0.15) is 25.1 Å². The number of aromatic nitrogens is 2. The van der Waals surface area contributed by atoms with Crippen molar-refractivity contribution in [3.8, 4) is 0 Å². The highest BCUT2D eigenvalue weighted by Crippen LogP contribution is 2.24. The minimum atomic E-state index is -2.86. The molecule has 2 saturated heterocycles. The number of nitrogens with one attached hydrogen (secondary N) is 2. The maximum Gasteiger partial charge on any atom is 0.296 e. The van der Waals surface area contributed by atoms with Crippen molar-refractivity contribution in [2.45, 2.75) is 25.3 Å². The molecule has 1 atom stereocenters. The number of imidazole rings is 1. The lowest BCUT2D eigenvalue weighted by Crippen LogP contribution is -2.56. The third-order valence-electron chi connectivity index (χ3n) is 5.35. The Kier molecular flexibility index (Phi) is 5.57. The first-order valence-electron chi connectivity index (χ1n) is 9.86. The average molecular weight is 432 g/mol. The number of rotatable bonds is 6. The van der Waals surface area contributed by atoms with Crippen LogP contribution in [0.25, 0.3) is 11.0 Å². The van der Waals surface area contributed by atoms with Crippen molar-refractivity contribution in [2.24, 2.45) is 11.7 Å². The standard InChI is InChI=1S/C20H22F2N6O3/c21-18(22)19-26-12-3-1-2-4-14(12)28(19)15(23)7-16(24)31-10-11-8-27(9-11)20(30)13-5-6-17(29)25-13/h1-4,7,11,13,18,23H,5-6,8-10,24H2,(H,25,29)/t13-/m0/s1. The zero-order chi connectivity index (χ0) is 22.1. The van der Waals surface area contributed by atoms with E-state index >= 15 is 0 Å². The van der Waals surface area contributed by atoms with E-state index in [-0.39, 0.29) is 36.1 Å². The molecule has 0 spiro atoms. The first-order chi connectivity index (χ1) is 14.8. The molecule has 0 unspecified atom stereocenters. The van der Waals surface area contributed by atoms with Crippen LogP contribution in [0.2, 0.25) is 0 Å². The zero-order valence-electron chi connectivity index (χ0n) is 16.6. The molecule has 4 N–H and O–H groups in total. The fourth-order valence-corrected chi connectivity index (χ4v) is 3.77. The molecule has 11 heteroatoms. The van der Waals surface area contributed by atoms with Gasteiger partial charge in [-0.25, -0.2) is 13.8 Å². The van der Waals surface area contributed by atoms with Gasteiger partial charge in [-0.2, -0.15) is 0 Å². The molecule has 1 aromatic carbocycles. The van der Waals surface area contributed by atoms with Crippen LogP contribution in [0.15, 0.2) is 36.2 Å². The zero-order valence-corrected chi connectivity index (χ0v) is 16.6. The number of amides is 2. The van der Waals surface area contributed by atoms with E-state index in [9.17, 15) is 18.4 Å². The van der Waals surface area contributed by atoms with Crippen molar-refractivity contribution in [3.63, 3.8) is 0 Å². The summed E-state index contributed by atoms with van der Waals surface area (Å²) in [5, 5.41) is 10.9. The third-order valence-corrected chi connectivity index (χ3v) is 5.35. The number of ether oxygens (including phenoxy) is 1. The summed E-state index contributed by atoms with van der Waals surface area (Å²) in [6.45, 7) is 1.19. The summed E-state index contributed by atoms with van der Waals surface area (Å²) in [6.07, 6.45) is -0.818. The Morgan fingerprint density at radius 3 is 2.81 bits per heavy atom. The second-order valence-electron chi connectivity index (χ2n) is 7.61. The Balaban J connectivity index is 1.33. The van der Waals surface area contributed by atoms with Gasteiger partial charge in [-0.05, 0) is 18.6 Å². The van der Waals surface area contributed by atoms with E-state index in [1.54, 1.807) is 29.2 Å². The number of hydrogen-bond acceptors (Lipinski definition) is 6. The summed E-state index contributed by atoms with van der Waals surface area (Å²) in [7, 11) is 0. The molecular weight excluding hydrogens is 410 g/mol. The summed E-state index contributed by atoms with van der Waals surface area (Å²) in [5.74, 6) is -1.06. The third kappa shape index (κ3) is 4.21. The van der Waals surface area contributed by atoms with Gasteiger partial charge >= 0.3 is 0 Å². The number of likely N-dealkylation sites (tertiary alicyclic amines) is 1. The lowest BCUT2D eigenvalue weighted by Gasteiger charge is -2.40. The van der Waals surface area contributed by atoms with Crippen LogP contribution in [-0.2, 0) is 14.3 Å². The monoisotopic (exact) mass is 432 g/mol. The minimum Gasteiger partial charge on any atom is -0.479 e. The maximum absolute atomic E-state index is 13.4. The Hall–Kier alpha value is -3.50. The van der Waals surface area contributed by atoms with E-state index in [1.165, 1.54) is 0 Å². The summed E-state index contributed by atoms with van der Waals surface area (Å²) < 4.78 is 33.3. The minimum absolute atomic E-state index is 0.0629. The van der Waals surface area contributed by atoms with Gasteiger partial charge in [0.2, 0.25) is 11.8 Å². The number of para-hydroxylation sites is 2. The Morgan fingerprint density at radius 2 is 2.13 bits per heavy atom. The fourth-order valence-electron chi connectivity index (χ4n) is 3.77. The van der Waals surface area contributed by atoms with Crippen LogP contribution in [0, 0.1) is 11.3 Å². The molecule has 164 valence electrons. The van der Waals surface area contributed by atoms with Crippen LogP contribution in [0.5, 0.6) is 0 Å². The maximum atomic E-state index is 13.4. The van der Waals surface area contributed by atoms with Crippen molar-refractivity contribution < 1.29 is 23.1 Å².